The molecule has 0 saturated carbocycles. The normalized spacial score (nSPS) is 10.3. The lowest BCUT2D eigenvalue weighted by Crippen LogP contribution is -2.14. The molecule has 0 spiro atoms. The number of aryl methyl sites for hydroxylation is 1. The number of hydrogen-bond acceptors (Lipinski definition) is 0. The second-order valence-electron chi connectivity index (χ2n) is 2.80. The van der Waals surface area contributed by atoms with Gasteiger partial charge < -0.3 is 0 Å². The molecule has 3 radical (unpaired) electrons. The van der Waals surface area contributed by atoms with E-state index in [0.29, 0.717) is 5.19 Å². The highest BCUT2D eigenvalue weighted by Gasteiger charge is 2.05. The van der Waals surface area contributed by atoms with E-state index in [1.54, 1.807) is 6.07 Å². The zero-order chi connectivity index (χ0) is 8.59. The molecular formula is C9H10FSi. The lowest BCUT2D eigenvalue weighted by Gasteiger charge is -2.08. The van der Waals surface area contributed by atoms with Crippen molar-refractivity contribution in [2.24, 2.45) is 0 Å². The molecule has 0 nitrogen and oxygen atoms in total. The third-order valence-electron chi connectivity index (χ3n) is 2.11. The van der Waals surface area contributed by atoms with Crippen LogP contribution in [-0.4, -0.2) is 10.2 Å². The summed E-state index contributed by atoms with van der Waals surface area (Å²) in [5, 5.41) is 0.577. The van der Waals surface area contributed by atoms with Gasteiger partial charge in [0.05, 0.1) is 10.2 Å². The quantitative estimate of drug-likeness (QED) is 0.512. The van der Waals surface area contributed by atoms with Gasteiger partial charge >= 0.3 is 0 Å². The van der Waals surface area contributed by atoms with Crippen LogP contribution in [0.1, 0.15) is 16.7 Å². The Bertz CT molecular complexity index is 266. The number of halogens is 1. The largest absolute Gasteiger partial charge is 0.207 e. The molecule has 0 aliphatic rings. The van der Waals surface area contributed by atoms with Crippen molar-refractivity contribution in [1.82, 2.24) is 0 Å². The van der Waals surface area contributed by atoms with E-state index in [4.69, 9.17) is 0 Å². The topological polar surface area (TPSA) is 0 Å². The molecule has 1 aromatic carbocycles. The van der Waals surface area contributed by atoms with Gasteiger partial charge in [-0.05, 0) is 48.7 Å². The van der Waals surface area contributed by atoms with E-state index in [0.717, 1.165) is 16.7 Å². The molecule has 0 aliphatic heterocycles. The van der Waals surface area contributed by atoms with Crippen molar-refractivity contribution in [3.63, 3.8) is 0 Å². The van der Waals surface area contributed by atoms with Gasteiger partial charge in [-0.25, -0.2) is 4.39 Å². The molecule has 0 amide bonds. The zero-order valence-corrected chi connectivity index (χ0v) is 7.96. The Labute approximate surface area is 69.9 Å². The van der Waals surface area contributed by atoms with Crippen molar-refractivity contribution in [3.8, 4) is 0 Å². The number of hydrogen-bond donors (Lipinski definition) is 0. The molecule has 0 unspecified atom stereocenters. The third-order valence-corrected chi connectivity index (χ3v) is 2.72. The summed E-state index contributed by atoms with van der Waals surface area (Å²) in [4.78, 5) is 0. The van der Waals surface area contributed by atoms with Crippen LogP contribution >= 0.6 is 0 Å². The van der Waals surface area contributed by atoms with Crippen LogP contribution in [0.3, 0.4) is 0 Å². The van der Waals surface area contributed by atoms with Crippen LogP contribution in [0.5, 0.6) is 0 Å². The zero-order valence-electron chi connectivity index (χ0n) is 6.96. The lowest BCUT2D eigenvalue weighted by molar-refractivity contribution is 0.633. The number of benzene rings is 1. The molecule has 0 N–H and O–H groups in total. The molecule has 1 rings (SSSR count). The third kappa shape index (κ3) is 1.36. The van der Waals surface area contributed by atoms with Gasteiger partial charge in [0.15, 0.2) is 0 Å². The minimum absolute atomic E-state index is 0.178. The second-order valence-corrected chi connectivity index (χ2v) is 3.30. The molecular weight excluding hydrogens is 155 g/mol. The van der Waals surface area contributed by atoms with Crippen LogP contribution in [0.25, 0.3) is 0 Å². The van der Waals surface area contributed by atoms with Crippen molar-refractivity contribution in [2.75, 3.05) is 0 Å². The van der Waals surface area contributed by atoms with Crippen molar-refractivity contribution in [1.29, 1.82) is 0 Å². The molecule has 2 heteroatoms. The van der Waals surface area contributed by atoms with E-state index >= 15 is 0 Å². The molecule has 0 heterocycles. The van der Waals surface area contributed by atoms with Crippen molar-refractivity contribution >= 4 is 15.4 Å². The van der Waals surface area contributed by atoms with Gasteiger partial charge in [-0.1, -0.05) is 0 Å². The SMILES string of the molecule is Cc1cc(F)c([Si])c(C)c1C. The molecule has 0 aromatic heterocycles. The average Bonchev–Trinajstić information content (AvgIpc) is 1.97. The Balaban J connectivity index is 3.46. The fourth-order valence-electron chi connectivity index (χ4n) is 1.03. The van der Waals surface area contributed by atoms with E-state index < -0.39 is 0 Å². The van der Waals surface area contributed by atoms with Gasteiger partial charge in [0, 0.05) is 0 Å². The standard InChI is InChI=1S/C9H10FSi/c1-5-4-8(10)9(11)7(3)6(5)2/h4H,1-3H3. The van der Waals surface area contributed by atoms with Crippen molar-refractivity contribution < 1.29 is 4.39 Å². The summed E-state index contributed by atoms with van der Waals surface area (Å²) in [5.74, 6) is -0.178. The fraction of sp³-hybridized carbons (Fsp3) is 0.333. The first-order valence-corrected chi connectivity index (χ1v) is 4.02. The van der Waals surface area contributed by atoms with E-state index in [1.807, 2.05) is 20.8 Å². The van der Waals surface area contributed by atoms with Crippen LogP contribution in [0.15, 0.2) is 6.07 Å². The Kier molecular flexibility index (Phi) is 2.14. The Morgan fingerprint density at radius 3 is 2.27 bits per heavy atom. The van der Waals surface area contributed by atoms with Gasteiger partial charge in [-0.2, -0.15) is 0 Å². The summed E-state index contributed by atoms with van der Waals surface area (Å²) in [5.41, 5.74) is 3.14. The highest BCUT2D eigenvalue weighted by Crippen LogP contribution is 2.11. The lowest BCUT2D eigenvalue weighted by atomic mass is 10.0. The van der Waals surface area contributed by atoms with Gasteiger partial charge in [-0.15, -0.1) is 0 Å². The average molecular weight is 165 g/mol. The first-order valence-electron chi connectivity index (χ1n) is 3.52. The molecule has 0 bridgehead atoms. The minimum atomic E-state index is -0.178. The Morgan fingerprint density at radius 2 is 1.73 bits per heavy atom. The monoisotopic (exact) mass is 165 g/mol. The molecule has 0 saturated heterocycles. The van der Waals surface area contributed by atoms with Gasteiger partial charge in [-0.3, -0.25) is 0 Å². The molecule has 0 aliphatic carbocycles. The van der Waals surface area contributed by atoms with Crippen LogP contribution in [0.2, 0.25) is 0 Å². The van der Waals surface area contributed by atoms with Crippen LogP contribution in [-0.2, 0) is 0 Å². The van der Waals surface area contributed by atoms with Gasteiger partial charge in [0.25, 0.3) is 0 Å². The summed E-state index contributed by atoms with van der Waals surface area (Å²) in [6, 6.07) is 1.55. The highest BCUT2D eigenvalue weighted by atomic mass is 28.1. The second kappa shape index (κ2) is 2.78. The van der Waals surface area contributed by atoms with Gasteiger partial charge in [0.2, 0.25) is 0 Å². The Morgan fingerprint density at radius 1 is 1.18 bits per heavy atom. The van der Waals surface area contributed by atoms with E-state index in [-0.39, 0.29) is 5.82 Å². The van der Waals surface area contributed by atoms with Crippen LogP contribution in [0, 0.1) is 26.6 Å². The van der Waals surface area contributed by atoms with Crippen LogP contribution in [0.4, 0.5) is 4.39 Å². The summed E-state index contributed by atoms with van der Waals surface area (Å²) in [6.07, 6.45) is 0. The van der Waals surface area contributed by atoms with Gasteiger partial charge in [0.1, 0.15) is 5.82 Å². The minimum Gasteiger partial charge on any atom is -0.207 e. The molecule has 1 aromatic rings. The maximum atomic E-state index is 13.0. The first kappa shape index (κ1) is 8.46. The van der Waals surface area contributed by atoms with Crippen molar-refractivity contribution in [3.05, 3.63) is 28.6 Å². The summed E-state index contributed by atoms with van der Waals surface area (Å²) in [7, 11) is 3.24. The molecule has 11 heavy (non-hydrogen) atoms. The summed E-state index contributed by atoms with van der Waals surface area (Å²) < 4.78 is 13.0. The smallest absolute Gasteiger partial charge is 0.122 e. The maximum Gasteiger partial charge on any atom is 0.122 e. The van der Waals surface area contributed by atoms with E-state index in [9.17, 15) is 4.39 Å². The summed E-state index contributed by atoms with van der Waals surface area (Å²) >= 11 is 0. The van der Waals surface area contributed by atoms with Crippen molar-refractivity contribution in [2.45, 2.75) is 20.8 Å². The first-order chi connectivity index (χ1) is 5.04. The van der Waals surface area contributed by atoms with Crippen LogP contribution < -0.4 is 5.19 Å². The molecule has 0 fully saturated rings. The Hall–Kier alpha value is -0.633. The highest BCUT2D eigenvalue weighted by molar-refractivity contribution is 6.33. The maximum absolute atomic E-state index is 13.0. The van der Waals surface area contributed by atoms with E-state index in [1.165, 1.54) is 0 Å². The fourth-order valence-corrected chi connectivity index (χ4v) is 1.29. The predicted molar refractivity (Wildman–Crippen MR) is 46.0 cm³/mol. The number of rotatable bonds is 0. The predicted octanol–water partition coefficient (Wildman–Crippen LogP) is 1.54. The molecule has 57 valence electrons. The van der Waals surface area contributed by atoms with E-state index in [2.05, 4.69) is 10.2 Å². The summed E-state index contributed by atoms with van der Waals surface area (Å²) in [6.45, 7) is 5.82. The molecule has 0 atom stereocenters.